The fourth-order valence-corrected chi connectivity index (χ4v) is 3.01. The summed E-state index contributed by atoms with van der Waals surface area (Å²) >= 11 is 0. The van der Waals surface area contributed by atoms with Gasteiger partial charge in [-0.05, 0) is 33.1 Å². The zero-order chi connectivity index (χ0) is 15.4. The smallest absolute Gasteiger partial charge is 0.328 e. The molecule has 2 atom stereocenters. The Morgan fingerprint density at radius 2 is 1.68 bits per heavy atom. The number of hydrogen-bond acceptors (Lipinski definition) is 3. The van der Waals surface area contributed by atoms with Gasteiger partial charge in [-0.3, -0.25) is 14.2 Å². The molecule has 2 unspecified atom stereocenters. The largest absolute Gasteiger partial charge is 0.481 e. The molecule has 0 amide bonds. The Labute approximate surface area is 111 Å². The van der Waals surface area contributed by atoms with E-state index in [1.54, 1.807) is 6.92 Å². The fraction of sp³-hybridized carbons (Fsp3) is 0.818. The molecule has 0 aromatic carbocycles. The highest BCUT2D eigenvalue weighted by Gasteiger charge is 2.40. The van der Waals surface area contributed by atoms with Crippen LogP contribution in [0.3, 0.4) is 0 Å². The molecule has 8 heteroatoms. The van der Waals surface area contributed by atoms with Crippen molar-refractivity contribution < 1.29 is 34.2 Å². The normalized spacial score (nSPS) is 15.8. The van der Waals surface area contributed by atoms with E-state index in [9.17, 15) is 23.9 Å². The predicted octanol–water partition coefficient (Wildman–Crippen LogP) is 1.53. The second-order valence-electron chi connectivity index (χ2n) is 5.32. The average Bonchev–Trinajstić information content (AvgIpc) is 2.21. The van der Waals surface area contributed by atoms with Gasteiger partial charge in [0.15, 0.2) is 0 Å². The van der Waals surface area contributed by atoms with Crippen molar-refractivity contribution in [3.8, 4) is 0 Å². The van der Waals surface area contributed by atoms with Gasteiger partial charge in [-0.25, -0.2) is 0 Å². The van der Waals surface area contributed by atoms with Gasteiger partial charge in [-0.2, -0.15) is 0 Å². The van der Waals surface area contributed by atoms with Crippen LogP contribution >= 0.6 is 7.60 Å². The Bertz CT molecular complexity index is 385. The Morgan fingerprint density at radius 1 is 1.21 bits per heavy atom. The lowest BCUT2D eigenvalue weighted by Gasteiger charge is -2.28. The van der Waals surface area contributed by atoms with Gasteiger partial charge in [0.05, 0.1) is 17.0 Å². The van der Waals surface area contributed by atoms with E-state index in [0.717, 1.165) is 0 Å². The van der Waals surface area contributed by atoms with Crippen LogP contribution < -0.4 is 0 Å². The lowest BCUT2D eigenvalue weighted by Crippen LogP contribution is -2.31. The predicted molar refractivity (Wildman–Crippen MR) is 67.9 cm³/mol. The molecule has 0 saturated heterocycles. The summed E-state index contributed by atoms with van der Waals surface area (Å²) in [6, 6.07) is 0. The summed E-state index contributed by atoms with van der Waals surface area (Å²) in [6.45, 7) is 4.33. The molecular weight excluding hydrogens is 275 g/mol. The van der Waals surface area contributed by atoms with Crippen LogP contribution in [0.25, 0.3) is 0 Å². The van der Waals surface area contributed by atoms with Crippen molar-refractivity contribution in [2.24, 2.45) is 11.3 Å². The third kappa shape index (κ3) is 5.72. The number of carboxylic acid groups (broad SMARTS) is 2. The fourth-order valence-electron chi connectivity index (χ4n) is 1.79. The molecule has 0 heterocycles. The number of rotatable bonds is 8. The van der Waals surface area contributed by atoms with Crippen LogP contribution in [0.5, 0.6) is 0 Å². The van der Waals surface area contributed by atoms with E-state index in [-0.39, 0.29) is 19.3 Å². The molecule has 7 nitrogen and oxygen atoms in total. The van der Waals surface area contributed by atoms with Crippen molar-refractivity contribution in [1.82, 2.24) is 0 Å². The SMILES string of the molecule is CCC(CC(CC(C)(C)C(=O)O)P(=O)(O)O)C(=O)O. The van der Waals surface area contributed by atoms with Crippen molar-refractivity contribution in [3.05, 3.63) is 0 Å². The van der Waals surface area contributed by atoms with Gasteiger partial charge in [0.2, 0.25) is 0 Å². The molecule has 0 fully saturated rings. The quantitative estimate of drug-likeness (QED) is 0.499. The molecule has 0 aliphatic rings. The topological polar surface area (TPSA) is 132 Å². The second-order valence-corrected chi connectivity index (χ2v) is 7.22. The van der Waals surface area contributed by atoms with E-state index in [0.29, 0.717) is 0 Å². The van der Waals surface area contributed by atoms with Crippen LogP contribution in [-0.4, -0.2) is 37.6 Å². The van der Waals surface area contributed by atoms with E-state index in [4.69, 9.17) is 10.2 Å². The Morgan fingerprint density at radius 3 is 1.95 bits per heavy atom. The van der Waals surface area contributed by atoms with Gasteiger partial charge >= 0.3 is 19.5 Å². The third-order valence-corrected chi connectivity index (χ3v) is 4.54. The highest BCUT2D eigenvalue weighted by molar-refractivity contribution is 7.52. The molecule has 0 aliphatic carbocycles. The Kier molecular flexibility index (Phi) is 6.19. The van der Waals surface area contributed by atoms with Crippen molar-refractivity contribution in [2.75, 3.05) is 0 Å². The maximum absolute atomic E-state index is 11.4. The zero-order valence-corrected chi connectivity index (χ0v) is 12.1. The standard InChI is InChI=1S/C11H21O7P/c1-4-7(9(12)13)5-8(19(16,17)18)6-11(2,3)10(14)15/h7-8H,4-6H2,1-3H3,(H,12,13)(H,14,15)(H2,16,17,18). The molecule has 4 N–H and O–H groups in total. The molecule has 0 spiro atoms. The highest BCUT2D eigenvalue weighted by atomic mass is 31.2. The molecule has 0 radical (unpaired) electrons. The van der Waals surface area contributed by atoms with Crippen LogP contribution in [0.4, 0.5) is 0 Å². The summed E-state index contributed by atoms with van der Waals surface area (Å²) in [4.78, 5) is 40.5. The Balaban J connectivity index is 5.10. The summed E-state index contributed by atoms with van der Waals surface area (Å²) < 4.78 is 11.4. The molecule has 0 rings (SSSR count). The molecule has 19 heavy (non-hydrogen) atoms. The number of aliphatic carboxylic acids is 2. The summed E-state index contributed by atoms with van der Waals surface area (Å²) in [5.74, 6) is -3.19. The monoisotopic (exact) mass is 296 g/mol. The van der Waals surface area contributed by atoms with E-state index >= 15 is 0 Å². The van der Waals surface area contributed by atoms with Gasteiger partial charge in [0.1, 0.15) is 0 Å². The van der Waals surface area contributed by atoms with Crippen molar-refractivity contribution in [3.63, 3.8) is 0 Å². The van der Waals surface area contributed by atoms with Crippen LogP contribution in [0, 0.1) is 11.3 Å². The first-order chi connectivity index (χ1) is 8.41. The van der Waals surface area contributed by atoms with Gasteiger partial charge in [0.25, 0.3) is 0 Å². The molecule has 0 saturated carbocycles. The third-order valence-electron chi connectivity index (χ3n) is 3.20. The zero-order valence-electron chi connectivity index (χ0n) is 11.2. The first-order valence-corrected chi connectivity index (χ1v) is 7.61. The van der Waals surface area contributed by atoms with E-state index < -0.39 is 36.5 Å². The van der Waals surface area contributed by atoms with Gasteiger partial charge in [-0.1, -0.05) is 6.92 Å². The lowest BCUT2D eigenvalue weighted by atomic mass is 9.85. The summed E-state index contributed by atoms with van der Waals surface area (Å²) in [7, 11) is -4.55. The molecular formula is C11H21O7P. The molecule has 0 aromatic heterocycles. The van der Waals surface area contributed by atoms with Crippen molar-refractivity contribution in [1.29, 1.82) is 0 Å². The first-order valence-electron chi connectivity index (χ1n) is 5.93. The molecule has 0 aliphatic heterocycles. The summed E-state index contributed by atoms with van der Waals surface area (Å²) in [5.41, 5.74) is -2.58. The number of carbonyl (C=O) groups is 2. The van der Waals surface area contributed by atoms with Gasteiger partial charge in [0, 0.05) is 0 Å². The summed E-state index contributed by atoms with van der Waals surface area (Å²) in [5, 5.41) is 17.9. The van der Waals surface area contributed by atoms with E-state index in [2.05, 4.69) is 0 Å². The van der Waals surface area contributed by atoms with Crippen molar-refractivity contribution in [2.45, 2.75) is 45.7 Å². The van der Waals surface area contributed by atoms with E-state index in [1.165, 1.54) is 13.8 Å². The van der Waals surface area contributed by atoms with Crippen LogP contribution in [0.1, 0.15) is 40.0 Å². The molecule has 0 aromatic rings. The second kappa shape index (κ2) is 6.50. The van der Waals surface area contributed by atoms with Crippen LogP contribution in [0.15, 0.2) is 0 Å². The van der Waals surface area contributed by atoms with Gasteiger partial charge < -0.3 is 20.0 Å². The molecule has 0 bridgehead atoms. The number of carboxylic acids is 2. The maximum Gasteiger partial charge on any atom is 0.328 e. The average molecular weight is 296 g/mol. The summed E-state index contributed by atoms with van der Waals surface area (Å²) in [6.07, 6.45) is -0.261. The minimum atomic E-state index is -4.55. The minimum absolute atomic E-state index is 0.229. The minimum Gasteiger partial charge on any atom is -0.481 e. The lowest BCUT2D eigenvalue weighted by molar-refractivity contribution is -0.147. The number of hydrogen-bond donors (Lipinski definition) is 4. The highest BCUT2D eigenvalue weighted by Crippen LogP contribution is 2.49. The van der Waals surface area contributed by atoms with Crippen LogP contribution in [-0.2, 0) is 14.2 Å². The van der Waals surface area contributed by atoms with Gasteiger partial charge in [-0.15, -0.1) is 0 Å². The van der Waals surface area contributed by atoms with E-state index in [1.807, 2.05) is 0 Å². The first kappa shape index (κ1) is 18.1. The maximum atomic E-state index is 11.4. The Hall–Kier alpha value is -0.910. The van der Waals surface area contributed by atoms with Crippen molar-refractivity contribution >= 4 is 19.5 Å². The van der Waals surface area contributed by atoms with Crippen LogP contribution in [0.2, 0.25) is 0 Å². The molecule has 112 valence electrons.